The number of amides is 1. The SMILES string of the molecule is Cc1cc(O)c(NC(=O)COc2ccc(Cl)cc2)cc1C. The fourth-order valence-electron chi connectivity index (χ4n) is 1.77. The zero-order valence-corrected chi connectivity index (χ0v) is 12.6. The van der Waals surface area contributed by atoms with Crippen LogP contribution in [-0.4, -0.2) is 17.6 Å². The minimum absolute atomic E-state index is 0.0398. The summed E-state index contributed by atoms with van der Waals surface area (Å²) < 4.78 is 5.34. The van der Waals surface area contributed by atoms with Gasteiger partial charge in [0, 0.05) is 5.02 Å². The second-order valence-corrected chi connectivity index (χ2v) is 5.18. The van der Waals surface area contributed by atoms with Crippen molar-refractivity contribution in [3.63, 3.8) is 0 Å². The number of phenols is 1. The maximum atomic E-state index is 11.8. The minimum atomic E-state index is -0.344. The van der Waals surface area contributed by atoms with E-state index in [1.54, 1.807) is 36.4 Å². The number of carbonyl (C=O) groups excluding carboxylic acids is 1. The Labute approximate surface area is 128 Å². The molecule has 0 aromatic heterocycles. The molecular formula is C16H16ClNO3. The summed E-state index contributed by atoms with van der Waals surface area (Å²) in [7, 11) is 0. The average Bonchev–Trinajstić information content (AvgIpc) is 2.44. The number of rotatable bonds is 4. The van der Waals surface area contributed by atoms with E-state index in [9.17, 15) is 9.90 Å². The van der Waals surface area contributed by atoms with E-state index in [0.29, 0.717) is 16.5 Å². The van der Waals surface area contributed by atoms with Crippen molar-refractivity contribution in [1.82, 2.24) is 0 Å². The molecule has 4 nitrogen and oxygen atoms in total. The van der Waals surface area contributed by atoms with Crippen LogP contribution >= 0.6 is 11.6 Å². The normalized spacial score (nSPS) is 10.2. The predicted molar refractivity (Wildman–Crippen MR) is 83.2 cm³/mol. The van der Waals surface area contributed by atoms with Gasteiger partial charge < -0.3 is 15.2 Å². The first-order chi connectivity index (χ1) is 9.95. The Hall–Kier alpha value is -2.20. The smallest absolute Gasteiger partial charge is 0.262 e. The van der Waals surface area contributed by atoms with Gasteiger partial charge in [0.05, 0.1) is 5.69 Å². The van der Waals surface area contributed by atoms with Crippen molar-refractivity contribution in [2.45, 2.75) is 13.8 Å². The summed E-state index contributed by atoms with van der Waals surface area (Å²) in [4.78, 5) is 11.8. The van der Waals surface area contributed by atoms with Gasteiger partial charge in [-0.1, -0.05) is 11.6 Å². The molecule has 0 saturated heterocycles. The monoisotopic (exact) mass is 305 g/mol. The Morgan fingerprint density at radius 2 is 1.81 bits per heavy atom. The van der Waals surface area contributed by atoms with Gasteiger partial charge >= 0.3 is 0 Å². The van der Waals surface area contributed by atoms with E-state index in [4.69, 9.17) is 16.3 Å². The van der Waals surface area contributed by atoms with Crippen LogP contribution in [0.25, 0.3) is 0 Å². The molecule has 5 heteroatoms. The Kier molecular flexibility index (Phi) is 4.70. The fourth-order valence-corrected chi connectivity index (χ4v) is 1.89. The van der Waals surface area contributed by atoms with E-state index in [-0.39, 0.29) is 18.3 Å². The molecule has 0 radical (unpaired) electrons. The molecule has 2 N–H and O–H groups in total. The highest BCUT2D eigenvalue weighted by molar-refractivity contribution is 6.30. The number of ether oxygens (including phenoxy) is 1. The second-order valence-electron chi connectivity index (χ2n) is 4.74. The van der Waals surface area contributed by atoms with Gasteiger partial charge in [-0.05, 0) is 61.4 Å². The van der Waals surface area contributed by atoms with Crippen molar-refractivity contribution in [1.29, 1.82) is 0 Å². The van der Waals surface area contributed by atoms with E-state index in [1.807, 2.05) is 13.8 Å². The molecule has 0 fully saturated rings. The first kappa shape index (κ1) is 15.2. The molecule has 0 atom stereocenters. The van der Waals surface area contributed by atoms with Crippen molar-refractivity contribution in [3.05, 3.63) is 52.5 Å². The van der Waals surface area contributed by atoms with Crippen molar-refractivity contribution < 1.29 is 14.6 Å². The molecule has 0 bridgehead atoms. The molecule has 0 unspecified atom stereocenters. The molecule has 0 aliphatic heterocycles. The first-order valence-electron chi connectivity index (χ1n) is 6.44. The molecule has 2 aromatic carbocycles. The molecule has 0 saturated carbocycles. The topological polar surface area (TPSA) is 58.6 Å². The zero-order chi connectivity index (χ0) is 15.4. The summed E-state index contributed by atoms with van der Waals surface area (Å²) >= 11 is 5.76. The van der Waals surface area contributed by atoms with Crippen molar-refractivity contribution in [3.8, 4) is 11.5 Å². The van der Waals surface area contributed by atoms with Crippen molar-refractivity contribution in [2.24, 2.45) is 0 Å². The van der Waals surface area contributed by atoms with Crippen LogP contribution < -0.4 is 10.1 Å². The molecule has 2 aromatic rings. The number of anilines is 1. The number of hydrogen-bond donors (Lipinski definition) is 2. The first-order valence-corrected chi connectivity index (χ1v) is 6.82. The Morgan fingerprint density at radius 1 is 1.19 bits per heavy atom. The van der Waals surface area contributed by atoms with Crippen LogP contribution in [0.5, 0.6) is 11.5 Å². The Morgan fingerprint density at radius 3 is 2.48 bits per heavy atom. The molecule has 0 aliphatic carbocycles. The van der Waals surface area contributed by atoms with Gasteiger partial charge in [0.15, 0.2) is 6.61 Å². The highest BCUT2D eigenvalue weighted by Crippen LogP contribution is 2.26. The molecular weight excluding hydrogens is 290 g/mol. The van der Waals surface area contributed by atoms with E-state index in [0.717, 1.165) is 11.1 Å². The molecule has 1 amide bonds. The largest absolute Gasteiger partial charge is 0.506 e. The van der Waals surface area contributed by atoms with Crippen LogP contribution in [0.2, 0.25) is 5.02 Å². The molecule has 110 valence electrons. The summed E-state index contributed by atoms with van der Waals surface area (Å²) in [5, 5.41) is 13.0. The fraction of sp³-hybridized carbons (Fsp3) is 0.188. The van der Waals surface area contributed by atoms with Crippen molar-refractivity contribution >= 4 is 23.2 Å². The predicted octanol–water partition coefficient (Wildman–Crippen LogP) is 3.68. The van der Waals surface area contributed by atoms with E-state index in [1.165, 1.54) is 0 Å². The number of nitrogens with one attached hydrogen (secondary N) is 1. The van der Waals surface area contributed by atoms with Gasteiger partial charge in [0.1, 0.15) is 11.5 Å². The van der Waals surface area contributed by atoms with E-state index in [2.05, 4.69) is 5.32 Å². The number of hydrogen-bond acceptors (Lipinski definition) is 3. The van der Waals surface area contributed by atoms with Crippen LogP contribution in [0, 0.1) is 13.8 Å². The summed E-state index contributed by atoms with van der Waals surface area (Å²) in [5.74, 6) is 0.250. The molecule has 2 rings (SSSR count). The van der Waals surface area contributed by atoms with Gasteiger partial charge in [-0.3, -0.25) is 4.79 Å². The number of phenolic OH excluding ortho intramolecular Hbond substituents is 1. The quantitative estimate of drug-likeness (QED) is 0.847. The maximum Gasteiger partial charge on any atom is 0.262 e. The lowest BCUT2D eigenvalue weighted by atomic mass is 10.1. The third kappa shape index (κ3) is 4.13. The van der Waals surface area contributed by atoms with Crippen LogP contribution in [0.4, 0.5) is 5.69 Å². The lowest BCUT2D eigenvalue weighted by Gasteiger charge is -2.11. The minimum Gasteiger partial charge on any atom is -0.506 e. The van der Waals surface area contributed by atoms with E-state index < -0.39 is 0 Å². The van der Waals surface area contributed by atoms with Crippen LogP contribution in [-0.2, 0) is 4.79 Å². The second kappa shape index (κ2) is 6.50. The average molecular weight is 306 g/mol. The highest BCUT2D eigenvalue weighted by atomic mass is 35.5. The summed E-state index contributed by atoms with van der Waals surface area (Å²) in [6.45, 7) is 3.66. The van der Waals surface area contributed by atoms with Gasteiger partial charge in [-0.15, -0.1) is 0 Å². The lowest BCUT2D eigenvalue weighted by Crippen LogP contribution is -2.20. The van der Waals surface area contributed by atoms with Gasteiger partial charge in [0.25, 0.3) is 5.91 Å². The molecule has 21 heavy (non-hydrogen) atoms. The lowest BCUT2D eigenvalue weighted by molar-refractivity contribution is -0.118. The van der Waals surface area contributed by atoms with Gasteiger partial charge in [-0.2, -0.15) is 0 Å². The van der Waals surface area contributed by atoms with Gasteiger partial charge in [-0.25, -0.2) is 0 Å². The Balaban J connectivity index is 1.96. The summed E-state index contributed by atoms with van der Waals surface area (Å²) in [6, 6.07) is 10.1. The summed E-state index contributed by atoms with van der Waals surface area (Å²) in [6.07, 6.45) is 0. The third-order valence-corrected chi connectivity index (χ3v) is 3.32. The van der Waals surface area contributed by atoms with Crippen LogP contribution in [0.1, 0.15) is 11.1 Å². The number of aromatic hydroxyl groups is 1. The molecule has 0 aliphatic rings. The standard InChI is InChI=1S/C16H16ClNO3/c1-10-7-14(15(19)8-11(10)2)18-16(20)9-21-13-5-3-12(17)4-6-13/h3-8,19H,9H2,1-2H3,(H,18,20). The highest BCUT2D eigenvalue weighted by Gasteiger charge is 2.09. The number of benzene rings is 2. The maximum absolute atomic E-state index is 11.8. The number of halogens is 1. The van der Waals surface area contributed by atoms with Gasteiger partial charge in [0.2, 0.25) is 0 Å². The number of carbonyl (C=O) groups is 1. The third-order valence-electron chi connectivity index (χ3n) is 3.07. The van der Waals surface area contributed by atoms with Crippen LogP contribution in [0.3, 0.4) is 0 Å². The molecule has 0 heterocycles. The Bertz CT molecular complexity index is 653. The summed E-state index contributed by atoms with van der Waals surface area (Å²) in [5.41, 5.74) is 2.33. The van der Waals surface area contributed by atoms with Crippen LogP contribution in [0.15, 0.2) is 36.4 Å². The molecule has 0 spiro atoms. The van der Waals surface area contributed by atoms with Crippen molar-refractivity contribution in [2.75, 3.05) is 11.9 Å². The number of aryl methyl sites for hydroxylation is 2. The van der Waals surface area contributed by atoms with E-state index >= 15 is 0 Å². The zero-order valence-electron chi connectivity index (χ0n) is 11.8.